The number of rotatable bonds is 6. The zero-order chi connectivity index (χ0) is 30.8. The lowest BCUT2D eigenvalue weighted by Gasteiger charge is -2.32. The summed E-state index contributed by atoms with van der Waals surface area (Å²) in [6, 6.07) is 32.3. The highest BCUT2D eigenvalue weighted by molar-refractivity contribution is 6.14. The van der Waals surface area contributed by atoms with Crippen LogP contribution in [0, 0.1) is 0 Å². The SMILES string of the molecule is C=C(NC1c2ccccc2OC1C(N)n1c2ccccc2c2ccc3c(c21)N(c1ccccc1)C1C=CC=CC31)C1=CC=CCC1. The van der Waals surface area contributed by atoms with E-state index in [9.17, 15) is 0 Å². The maximum atomic E-state index is 7.52. The van der Waals surface area contributed by atoms with Crippen molar-refractivity contribution in [2.24, 2.45) is 5.73 Å². The number of ether oxygens (including phenoxy) is 1. The van der Waals surface area contributed by atoms with E-state index in [-0.39, 0.29) is 24.1 Å². The highest BCUT2D eigenvalue weighted by atomic mass is 16.5. The number of hydrogen-bond acceptors (Lipinski definition) is 4. The first-order chi connectivity index (χ1) is 22.7. The number of nitrogens with two attached hydrogens (primary N) is 1. The lowest BCUT2D eigenvalue weighted by atomic mass is 9.91. The normalized spacial score (nSPS) is 23.2. The lowest BCUT2D eigenvalue weighted by molar-refractivity contribution is 0.137. The van der Waals surface area contributed by atoms with Crippen LogP contribution in [-0.4, -0.2) is 16.7 Å². The predicted octanol–water partition coefficient (Wildman–Crippen LogP) is 8.86. The van der Waals surface area contributed by atoms with Gasteiger partial charge in [0.1, 0.15) is 11.9 Å². The second kappa shape index (κ2) is 10.7. The Hall–Kier alpha value is -5.26. The van der Waals surface area contributed by atoms with E-state index >= 15 is 0 Å². The summed E-state index contributed by atoms with van der Waals surface area (Å²) in [6.45, 7) is 4.47. The molecule has 5 nitrogen and oxygen atoms in total. The van der Waals surface area contributed by atoms with Gasteiger partial charge < -0.3 is 25.3 Å². The highest BCUT2D eigenvalue weighted by Gasteiger charge is 2.43. The van der Waals surface area contributed by atoms with E-state index in [2.05, 4.69) is 143 Å². The molecule has 5 atom stereocenters. The summed E-state index contributed by atoms with van der Waals surface area (Å²) in [6.07, 6.45) is 16.6. The largest absolute Gasteiger partial charge is 0.484 e. The van der Waals surface area contributed by atoms with Crippen LogP contribution in [0.25, 0.3) is 21.8 Å². The van der Waals surface area contributed by atoms with Gasteiger partial charge in [-0.15, -0.1) is 0 Å². The summed E-state index contributed by atoms with van der Waals surface area (Å²) in [7, 11) is 0. The van der Waals surface area contributed by atoms with Crippen LogP contribution in [-0.2, 0) is 0 Å². The van der Waals surface area contributed by atoms with Gasteiger partial charge in [0.25, 0.3) is 0 Å². The fraction of sp³-hybridized carbons (Fsp3) is 0.171. The summed E-state index contributed by atoms with van der Waals surface area (Å²) < 4.78 is 9.15. The Morgan fingerprint density at radius 1 is 0.848 bits per heavy atom. The van der Waals surface area contributed by atoms with Gasteiger partial charge in [0, 0.05) is 33.6 Å². The molecule has 4 aromatic carbocycles. The summed E-state index contributed by atoms with van der Waals surface area (Å²) in [5.41, 5.74) is 16.7. The zero-order valence-corrected chi connectivity index (χ0v) is 25.6. The van der Waals surface area contributed by atoms with Crippen LogP contribution in [0.15, 0.2) is 151 Å². The maximum Gasteiger partial charge on any atom is 0.157 e. The average Bonchev–Trinajstić information content (AvgIpc) is 3.77. The van der Waals surface area contributed by atoms with Crippen LogP contribution >= 0.6 is 0 Å². The van der Waals surface area contributed by atoms with Gasteiger partial charge in [-0.25, -0.2) is 0 Å². The maximum absolute atomic E-state index is 7.52. The topological polar surface area (TPSA) is 55.5 Å². The second-order valence-electron chi connectivity index (χ2n) is 12.6. The molecule has 5 unspecified atom stereocenters. The monoisotopic (exact) mass is 600 g/mol. The molecular weight excluding hydrogens is 564 g/mol. The minimum absolute atomic E-state index is 0.169. The molecular formula is C41H36N4O. The third-order valence-electron chi connectivity index (χ3n) is 10.1. The second-order valence-corrected chi connectivity index (χ2v) is 12.6. The van der Waals surface area contributed by atoms with E-state index < -0.39 is 6.17 Å². The molecule has 4 aliphatic rings. The van der Waals surface area contributed by atoms with Crippen LogP contribution in [0.1, 0.15) is 42.1 Å². The summed E-state index contributed by atoms with van der Waals surface area (Å²) >= 11 is 0. The fourth-order valence-electron chi connectivity index (χ4n) is 8.03. The summed E-state index contributed by atoms with van der Waals surface area (Å²) in [5, 5.41) is 6.16. The van der Waals surface area contributed by atoms with E-state index in [1.54, 1.807) is 0 Å². The molecule has 5 heteroatoms. The molecule has 5 aromatic rings. The first-order valence-corrected chi connectivity index (χ1v) is 16.3. The molecule has 2 aliphatic carbocycles. The van der Waals surface area contributed by atoms with Gasteiger partial charge in [0.05, 0.1) is 28.8 Å². The molecule has 0 saturated heterocycles. The van der Waals surface area contributed by atoms with Crippen molar-refractivity contribution in [1.82, 2.24) is 9.88 Å². The van der Waals surface area contributed by atoms with Gasteiger partial charge in [0.15, 0.2) is 6.10 Å². The minimum Gasteiger partial charge on any atom is -0.484 e. The molecule has 0 spiro atoms. The van der Waals surface area contributed by atoms with Crippen LogP contribution in [0.3, 0.4) is 0 Å². The number of hydrogen-bond donors (Lipinski definition) is 2. The number of nitrogens with zero attached hydrogens (tertiary/aromatic N) is 2. The van der Waals surface area contributed by atoms with Gasteiger partial charge >= 0.3 is 0 Å². The summed E-state index contributed by atoms with van der Waals surface area (Å²) in [4.78, 5) is 2.51. The molecule has 46 heavy (non-hydrogen) atoms. The van der Waals surface area contributed by atoms with E-state index in [1.807, 2.05) is 12.1 Å². The molecule has 0 radical (unpaired) electrons. The smallest absolute Gasteiger partial charge is 0.157 e. The van der Waals surface area contributed by atoms with Crippen LogP contribution in [0.2, 0.25) is 0 Å². The number of anilines is 2. The molecule has 0 fully saturated rings. The molecule has 9 rings (SSSR count). The van der Waals surface area contributed by atoms with Gasteiger partial charge in [-0.3, -0.25) is 0 Å². The average molecular weight is 601 g/mol. The summed E-state index contributed by atoms with van der Waals surface area (Å²) in [5.74, 6) is 1.11. The van der Waals surface area contributed by atoms with Crippen molar-refractivity contribution in [3.8, 4) is 5.75 Å². The Labute approximate surface area is 269 Å². The molecule has 226 valence electrons. The van der Waals surface area contributed by atoms with Crippen molar-refractivity contribution in [2.45, 2.75) is 43.1 Å². The van der Waals surface area contributed by atoms with Crippen molar-refractivity contribution in [2.75, 3.05) is 4.90 Å². The number of fused-ring (bicyclic) bond motifs is 8. The van der Waals surface area contributed by atoms with E-state index in [1.165, 1.54) is 33.3 Å². The molecule has 3 heterocycles. The molecule has 1 aromatic heterocycles. The molecule has 0 bridgehead atoms. The van der Waals surface area contributed by atoms with E-state index in [4.69, 9.17) is 10.5 Å². The molecule has 3 N–H and O–H groups in total. The van der Waals surface area contributed by atoms with Gasteiger partial charge in [0.2, 0.25) is 0 Å². The quantitative estimate of drug-likeness (QED) is 0.204. The number of para-hydroxylation sites is 3. The van der Waals surface area contributed by atoms with Gasteiger partial charge in [-0.2, -0.15) is 0 Å². The molecule has 0 amide bonds. The number of nitrogens with one attached hydrogen (secondary N) is 1. The Bertz CT molecular complexity index is 2130. The Morgan fingerprint density at radius 3 is 2.52 bits per heavy atom. The number of allylic oxidation sites excluding steroid dienone is 6. The third-order valence-corrected chi connectivity index (χ3v) is 10.1. The highest BCUT2D eigenvalue weighted by Crippen LogP contribution is 2.53. The van der Waals surface area contributed by atoms with Crippen molar-refractivity contribution >= 4 is 33.2 Å². The van der Waals surface area contributed by atoms with Crippen LogP contribution in [0.5, 0.6) is 5.75 Å². The van der Waals surface area contributed by atoms with Crippen molar-refractivity contribution in [1.29, 1.82) is 0 Å². The predicted molar refractivity (Wildman–Crippen MR) is 188 cm³/mol. The standard InChI is InChI=1S/C41H36N4O/c1-26(27-14-4-2-5-15-27)43-37-33-20-10-13-23-36(33)46-40(37)41(42)45-35-22-12-9-19-30(35)32-25-24-31-29-18-8-11-21-34(29)44(38(31)39(32)45)28-16-6-3-7-17-28/h2-4,6-14,16-25,29,34,37,40-41,43H,1,5,15,42H2. The Morgan fingerprint density at radius 2 is 1.65 bits per heavy atom. The molecule has 0 saturated carbocycles. The molecule has 2 aliphatic heterocycles. The Kier molecular flexibility index (Phi) is 6.29. The van der Waals surface area contributed by atoms with E-state index in [0.29, 0.717) is 0 Å². The zero-order valence-electron chi connectivity index (χ0n) is 25.6. The lowest BCUT2D eigenvalue weighted by Crippen LogP contribution is -2.42. The Balaban J connectivity index is 1.24. The van der Waals surface area contributed by atoms with Gasteiger partial charge in [-0.1, -0.05) is 116 Å². The van der Waals surface area contributed by atoms with Crippen LogP contribution < -0.4 is 20.7 Å². The number of aromatic nitrogens is 1. The fourth-order valence-corrected chi connectivity index (χ4v) is 8.03. The van der Waals surface area contributed by atoms with Gasteiger partial charge in [-0.05, 0) is 48.2 Å². The van der Waals surface area contributed by atoms with Crippen molar-refractivity contribution < 1.29 is 4.74 Å². The third kappa shape index (κ3) is 4.05. The van der Waals surface area contributed by atoms with Crippen molar-refractivity contribution in [3.63, 3.8) is 0 Å². The minimum atomic E-state index is -0.502. The van der Waals surface area contributed by atoms with Crippen LogP contribution in [0.4, 0.5) is 11.4 Å². The number of benzene rings is 4. The van der Waals surface area contributed by atoms with Crippen molar-refractivity contribution in [3.05, 3.63) is 163 Å². The van der Waals surface area contributed by atoms with E-state index in [0.717, 1.165) is 40.9 Å². The first kappa shape index (κ1) is 27.1. The first-order valence-electron chi connectivity index (χ1n) is 16.3.